The van der Waals surface area contributed by atoms with Crippen molar-refractivity contribution in [1.29, 1.82) is 0 Å². The number of nitrogens with zero attached hydrogens (tertiary/aromatic N) is 4. The maximum absolute atomic E-state index is 6.15. The molecule has 0 N–H and O–H groups in total. The molecule has 3 aromatic heterocycles. The van der Waals surface area contributed by atoms with Crippen LogP contribution in [0.5, 0.6) is 5.75 Å². The molecule has 1 aliphatic carbocycles. The van der Waals surface area contributed by atoms with Crippen molar-refractivity contribution in [2.24, 2.45) is 0 Å². The summed E-state index contributed by atoms with van der Waals surface area (Å²) in [5, 5.41) is 3.42. The van der Waals surface area contributed by atoms with E-state index in [-0.39, 0.29) is 25.5 Å². The Bertz CT molecular complexity index is 1380. The molecule has 0 atom stereocenters. The van der Waals surface area contributed by atoms with E-state index in [0.29, 0.717) is 5.82 Å². The molecule has 0 unspecified atom stereocenters. The fourth-order valence-electron chi connectivity index (χ4n) is 5.01. The fourth-order valence-corrected chi connectivity index (χ4v) is 5.01. The van der Waals surface area contributed by atoms with Crippen LogP contribution in [0.1, 0.15) is 31.2 Å². The summed E-state index contributed by atoms with van der Waals surface area (Å²) in [7, 11) is 0. The van der Waals surface area contributed by atoms with Gasteiger partial charge in [-0.05, 0) is 53.2 Å². The van der Waals surface area contributed by atoms with Gasteiger partial charge < -0.3 is 19.7 Å². The second-order valence-corrected chi connectivity index (χ2v) is 8.47. The summed E-state index contributed by atoms with van der Waals surface area (Å²) in [6.07, 6.45) is 12.0. The van der Waals surface area contributed by atoms with E-state index in [9.17, 15) is 0 Å². The molecule has 7 rings (SSSR count). The van der Waals surface area contributed by atoms with Crippen LogP contribution in [-0.2, 0) is 25.5 Å². The quantitative estimate of drug-likeness (QED) is 0.186. The average Bonchev–Trinajstić information content (AvgIpc) is 3.63. The summed E-state index contributed by atoms with van der Waals surface area (Å²) < 4.78 is 6.15. The largest absolute Gasteiger partial charge is 0.512 e. The molecule has 0 bridgehead atoms. The Morgan fingerprint density at radius 3 is 2.58 bits per heavy atom. The van der Waals surface area contributed by atoms with E-state index < -0.39 is 0 Å². The van der Waals surface area contributed by atoms with Crippen LogP contribution in [0, 0.1) is 6.07 Å². The molecule has 1 spiro atoms. The number of imidazole rings is 1. The van der Waals surface area contributed by atoms with Crippen molar-refractivity contribution < 1.29 is 24.8 Å². The fraction of sp³-hybridized carbons (Fsp3) is 0.222. The molecular weight excluding hydrogens is 589 g/mol. The minimum absolute atomic E-state index is 0. The third-order valence-corrected chi connectivity index (χ3v) is 6.60. The summed E-state index contributed by atoms with van der Waals surface area (Å²) in [6.45, 7) is 0.843. The summed E-state index contributed by atoms with van der Waals surface area (Å²) >= 11 is 0. The van der Waals surface area contributed by atoms with Gasteiger partial charge in [0.2, 0.25) is 0 Å². The molecule has 0 saturated heterocycles. The molecule has 1 fully saturated rings. The van der Waals surface area contributed by atoms with Gasteiger partial charge in [-0.25, -0.2) is 0 Å². The second kappa shape index (κ2) is 9.05. The van der Waals surface area contributed by atoms with E-state index in [2.05, 4.69) is 50.3 Å². The molecule has 4 heterocycles. The number of hydrogen-bond acceptors (Lipinski definition) is 4. The number of hydrogen-bond donors (Lipinski definition) is 0. The Kier molecular flexibility index (Phi) is 5.96. The molecule has 33 heavy (non-hydrogen) atoms. The first-order valence-electron chi connectivity index (χ1n) is 11.0. The zero-order chi connectivity index (χ0) is 21.4. The van der Waals surface area contributed by atoms with E-state index in [4.69, 9.17) is 4.74 Å². The van der Waals surface area contributed by atoms with Crippen LogP contribution in [0.25, 0.3) is 33.2 Å². The maximum atomic E-state index is 6.15. The summed E-state index contributed by atoms with van der Waals surface area (Å²) in [5.74, 6) is 1.77. The van der Waals surface area contributed by atoms with Crippen molar-refractivity contribution in [2.45, 2.75) is 31.1 Å². The van der Waals surface area contributed by atoms with Gasteiger partial charge in [0.05, 0.1) is 12.3 Å². The van der Waals surface area contributed by atoms with Crippen LogP contribution in [0.3, 0.4) is 0 Å². The zero-order valence-electron chi connectivity index (χ0n) is 18.0. The number of benzene rings is 2. The Balaban J connectivity index is 0.000000162. The zero-order valence-corrected chi connectivity index (χ0v) is 20.4. The molecule has 2 aromatic carbocycles. The topological polar surface area (TPSA) is 62.0 Å². The van der Waals surface area contributed by atoms with Crippen LogP contribution in [0.4, 0.5) is 0 Å². The number of fused-ring (bicyclic) bond motifs is 6. The molecule has 167 valence electrons. The standard InChI is InChI=1S/C19H16NO.C8H6N3.Ir/c1-2-10-19(9-1)12-21-18-15-6-5-13-4-3-11-20-17(13)14(15)7-8-16(18)19;1-2-4-9-7(3-1)8-10-5-6-11-8;/h3-6,8,11H,1-2,9-10,12H2;1-6H;/q2*-1;. The monoisotopic (exact) mass is 611 g/mol. The first-order valence-corrected chi connectivity index (χ1v) is 11.0. The summed E-state index contributed by atoms with van der Waals surface area (Å²) in [4.78, 5) is 16.7. The maximum Gasteiger partial charge on any atom is 0.0877 e. The number of rotatable bonds is 1. The Hall–Kier alpha value is -3.08. The van der Waals surface area contributed by atoms with E-state index in [1.54, 1.807) is 18.6 Å². The third kappa shape index (κ3) is 3.84. The number of aromatic nitrogens is 4. The molecule has 5 nitrogen and oxygen atoms in total. The molecule has 6 heteroatoms. The molecule has 5 aromatic rings. The number of ether oxygens (including phenoxy) is 1. The van der Waals surface area contributed by atoms with Gasteiger partial charge in [0.15, 0.2) is 0 Å². The third-order valence-electron chi connectivity index (χ3n) is 6.60. The predicted molar refractivity (Wildman–Crippen MR) is 125 cm³/mol. The van der Waals surface area contributed by atoms with Gasteiger partial charge in [-0.1, -0.05) is 60.5 Å². The van der Waals surface area contributed by atoms with Gasteiger partial charge in [0.1, 0.15) is 0 Å². The molecule has 1 radical (unpaired) electrons. The van der Waals surface area contributed by atoms with Gasteiger partial charge >= 0.3 is 0 Å². The second-order valence-electron chi connectivity index (χ2n) is 8.47. The van der Waals surface area contributed by atoms with Gasteiger partial charge in [0, 0.05) is 38.2 Å². The summed E-state index contributed by atoms with van der Waals surface area (Å²) in [6, 6.07) is 19.7. The van der Waals surface area contributed by atoms with Crippen LogP contribution in [-0.4, -0.2) is 21.6 Å². The smallest absolute Gasteiger partial charge is 0.0877 e. The number of pyridine rings is 2. The Morgan fingerprint density at radius 1 is 0.909 bits per heavy atom. The minimum atomic E-state index is 0. The first kappa shape index (κ1) is 21.7. The van der Waals surface area contributed by atoms with Gasteiger partial charge in [0.25, 0.3) is 0 Å². The van der Waals surface area contributed by atoms with E-state index in [0.717, 1.165) is 34.3 Å². The average molecular weight is 611 g/mol. The van der Waals surface area contributed by atoms with E-state index in [1.807, 2.05) is 30.5 Å². The van der Waals surface area contributed by atoms with Gasteiger partial charge in [-0.2, -0.15) is 0 Å². The SMILES string of the molecule is [Ir].[c-]1cc2c(c3ccc4cccnc4c13)OCC21CCCC1.c1ccc(-c2ncc[n-]2)nc1. The van der Waals surface area contributed by atoms with Crippen molar-refractivity contribution in [3.63, 3.8) is 0 Å². The minimum Gasteiger partial charge on any atom is -0.512 e. The molecule has 2 aliphatic rings. The van der Waals surface area contributed by atoms with Crippen molar-refractivity contribution in [2.75, 3.05) is 6.61 Å². The van der Waals surface area contributed by atoms with E-state index >= 15 is 0 Å². The van der Waals surface area contributed by atoms with E-state index in [1.165, 1.54) is 36.6 Å². The molecule has 0 amide bonds. The molecular formula is C27H22IrN4O-2. The van der Waals surface area contributed by atoms with Crippen molar-refractivity contribution in [3.8, 4) is 17.3 Å². The van der Waals surface area contributed by atoms with Crippen molar-refractivity contribution in [3.05, 3.63) is 84.9 Å². The normalized spacial score (nSPS) is 15.5. The van der Waals surface area contributed by atoms with Crippen LogP contribution >= 0.6 is 0 Å². The van der Waals surface area contributed by atoms with Gasteiger partial charge in [-0.15, -0.1) is 17.5 Å². The Morgan fingerprint density at radius 2 is 1.79 bits per heavy atom. The van der Waals surface area contributed by atoms with Crippen molar-refractivity contribution >= 4 is 21.7 Å². The summed E-state index contributed by atoms with van der Waals surface area (Å²) in [5.41, 5.74) is 3.48. The van der Waals surface area contributed by atoms with Crippen molar-refractivity contribution in [1.82, 2.24) is 19.9 Å². The van der Waals surface area contributed by atoms with Crippen LogP contribution in [0.2, 0.25) is 0 Å². The predicted octanol–water partition coefficient (Wildman–Crippen LogP) is 5.49. The molecule has 1 aliphatic heterocycles. The van der Waals surface area contributed by atoms with Crippen LogP contribution < -0.4 is 9.72 Å². The Labute approximate surface area is 206 Å². The molecule has 1 saturated carbocycles. The van der Waals surface area contributed by atoms with Crippen LogP contribution in [0.15, 0.2) is 73.3 Å². The van der Waals surface area contributed by atoms with Gasteiger partial charge in [-0.3, -0.25) is 4.98 Å². The first-order chi connectivity index (χ1) is 15.8.